The second-order valence-electron chi connectivity index (χ2n) is 22.5. The Hall–Kier alpha value is -6.18. The number of fused-ring (bicyclic) bond motifs is 3. The number of alkyl carbamates (subject to hydrolysis) is 1. The third-order valence-corrected chi connectivity index (χ3v) is 16.4. The molecule has 3 atom stereocenters. The van der Waals surface area contributed by atoms with E-state index in [1.54, 1.807) is 0 Å². The van der Waals surface area contributed by atoms with E-state index in [0.29, 0.717) is 12.8 Å². The molecule has 0 aliphatic heterocycles. The molecule has 0 spiro atoms. The van der Waals surface area contributed by atoms with Crippen LogP contribution >= 0.6 is 11.8 Å². The molecule has 2 aromatic rings. The van der Waals surface area contributed by atoms with Crippen LogP contribution in [0.3, 0.4) is 0 Å². The van der Waals surface area contributed by atoms with Gasteiger partial charge in [-0.2, -0.15) is 11.8 Å². The van der Waals surface area contributed by atoms with Crippen molar-refractivity contribution in [2.75, 3.05) is 31.3 Å². The first-order valence-electron chi connectivity index (χ1n) is 31.7. The molecule has 7 N–H and O–H groups in total. The van der Waals surface area contributed by atoms with Gasteiger partial charge in [0.1, 0.15) is 25.4 Å². The summed E-state index contributed by atoms with van der Waals surface area (Å²) in [5, 5.41) is 37.7. The van der Waals surface area contributed by atoms with E-state index >= 15 is 0 Å². The van der Waals surface area contributed by atoms with Crippen LogP contribution in [0.1, 0.15) is 243 Å². The Morgan fingerprint density at radius 2 is 1.01 bits per heavy atom. The normalized spacial score (nSPS) is 13.1. The lowest BCUT2D eigenvalue weighted by molar-refractivity contribution is -0.157. The van der Waals surface area contributed by atoms with Crippen molar-refractivity contribution in [1.82, 2.24) is 21.3 Å². The summed E-state index contributed by atoms with van der Waals surface area (Å²) in [6.07, 6.45) is 25.7. The van der Waals surface area contributed by atoms with Gasteiger partial charge >= 0.3 is 35.9 Å². The van der Waals surface area contributed by atoms with E-state index in [1.807, 2.05) is 48.5 Å². The van der Waals surface area contributed by atoms with Gasteiger partial charge < -0.3 is 45.5 Å². The monoisotopic (exact) mass is 1210 g/mol. The second-order valence-corrected chi connectivity index (χ2v) is 23.6. The van der Waals surface area contributed by atoms with Crippen LogP contribution < -0.4 is 21.3 Å². The topological polar surface area (TPSA) is 290 Å². The Kier molecular flexibility index (Phi) is 38.1. The minimum Gasteiger partial charge on any atom is -0.481 e. The maximum Gasteiger partial charge on any atom is 0.409 e. The molecule has 0 saturated heterocycles. The van der Waals surface area contributed by atoms with Crippen molar-refractivity contribution in [2.45, 2.75) is 249 Å². The average molecular weight is 1210 g/mol. The highest BCUT2D eigenvalue weighted by Gasteiger charge is 2.43. The van der Waals surface area contributed by atoms with Crippen LogP contribution in [0.25, 0.3) is 11.1 Å². The number of aliphatic carboxylic acids is 3. The fourth-order valence-electron chi connectivity index (χ4n) is 10.4. The number of carboxylic acid groups (broad SMARTS) is 3. The number of amides is 4. The van der Waals surface area contributed by atoms with Gasteiger partial charge in [0.15, 0.2) is 5.66 Å². The van der Waals surface area contributed by atoms with Crippen LogP contribution in [0.4, 0.5) is 4.79 Å². The zero-order valence-corrected chi connectivity index (χ0v) is 51.7. The third kappa shape index (κ3) is 31.7. The lowest BCUT2D eigenvalue weighted by Crippen LogP contribution is -2.69. The van der Waals surface area contributed by atoms with Gasteiger partial charge in [-0.3, -0.25) is 38.9 Å². The molecule has 0 heterocycles. The van der Waals surface area contributed by atoms with Crippen molar-refractivity contribution in [3.8, 4) is 11.1 Å². The standard InChI is InChI=1S/C65H100N4O15S/c1-3-5-7-9-11-13-15-17-19-21-23-25-27-37-60(76)82-46-49(84-61(77)38-28-26-24-22-20-18-16-14-12-10-8-6-4-2)48-85-44-42-56(70)68-65(43-41-59(74)75,63(80)66-45-57(71)67-55(62(78)79)39-40-58(72)73)69-64(81)83-47-54-52-35-31-29-33-50(52)51-34-30-32-36-53(51)54/h29-36,49,54-55H,3-28,37-48H2,1-2H3,(H,66,80)(H,67,71)(H,68,70)(H,69,81)(H,72,73)(H,74,75)(H,78,79)/t49-,55-,65-/m1/s1. The van der Waals surface area contributed by atoms with Crippen molar-refractivity contribution >= 4 is 65.4 Å². The smallest absolute Gasteiger partial charge is 0.409 e. The molecule has 2 aromatic carbocycles. The summed E-state index contributed by atoms with van der Waals surface area (Å²) in [7, 11) is 0. The first-order valence-corrected chi connectivity index (χ1v) is 32.9. The first kappa shape index (κ1) is 73.1. The molecule has 0 bridgehead atoms. The van der Waals surface area contributed by atoms with Crippen LogP contribution in [0.15, 0.2) is 48.5 Å². The lowest BCUT2D eigenvalue weighted by atomic mass is 9.98. The second kappa shape index (κ2) is 44.3. The molecule has 0 radical (unpaired) electrons. The first-order chi connectivity index (χ1) is 41.1. The van der Waals surface area contributed by atoms with Crippen LogP contribution in [0.5, 0.6) is 0 Å². The highest BCUT2D eigenvalue weighted by atomic mass is 32.2. The number of hydrogen-bond acceptors (Lipinski definition) is 13. The van der Waals surface area contributed by atoms with Gasteiger partial charge in [0.05, 0.1) is 6.54 Å². The molecule has 476 valence electrons. The maximum atomic E-state index is 14.3. The third-order valence-electron chi connectivity index (χ3n) is 15.3. The van der Waals surface area contributed by atoms with Crippen LogP contribution in [-0.2, 0) is 52.6 Å². The molecule has 4 amide bonds. The maximum absolute atomic E-state index is 14.3. The van der Waals surface area contributed by atoms with Crippen LogP contribution in [0.2, 0.25) is 0 Å². The molecule has 85 heavy (non-hydrogen) atoms. The summed E-state index contributed by atoms with van der Waals surface area (Å²) in [5.41, 5.74) is 1.08. The fraction of sp³-hybridized carbons (Fsp3) is 0.677. The summed E-state index contributed by atoms with van der Waals surface area (Å²) in [5.74, 6) is -8.45. The SMILES string of the molecule is CCCCCCCCCCCCCCCC(=O)OC[C@H](CSCCC(=O)N[C@](CCC(=O)O)(NC(=O)OCC1c2ccccc2-c2ccccc21)C(=O)NCC(=O)N[C@H](CCC(=O)O)C(=O)O)OC(=O)CCCCCCCCCCCCCCC. The Morgan fingerprint density at radius 1 is 0.541 bits per heavy atom. The average Bonchev–Trinajstić information content (AvgIpc) is 3.86. The molecule has 0 fully saturated rings. The van der Waals surface area contributed by atoms with Crippen molar-refractivity contribution < 1.29 is 72.7 Å². The summed E-state index contributed by atoms with van der Waals surface area (Å²) in [6.45, 7) is 3.11. The molecular weight excluding hydrogens is 1110 g/mol. The Labute approximate surface area is 508 Å². The summed E-state index contributed by atoms with van der Waals surface area (Å²) >= 11 is 1.20. The van der Waals surface area contributed by atoms with Crippen LogP contribution in [-0.4, -0.2) is 118 Å². The van der Waals surface area contributed by atoms with Gasteiger partial charge in [-0.25, -0.2) is 9.59 Å². The fourth-order valence-corrected chi connectivity index (χ4v) is 11.4. The minimum absolute atomic E-state index is 0.0581. The number of esters is 2. The molecule has 1 aliphatic rings. The van der Waals surface area contributed by atoms with Crippen molar-refractivity contribution in [1.29, 1.82) is 0 Å². The zero-order chi connectivity index (χ0) is 61.9. The van der Waals surface area contributed by atoms with E-state index in [4.69, 9.17) is 19.3 Å². The number of nitrogens with one attached hydrogen (secondary N) is 4. The number of thioether (sulfide) groups is 1. The molecular formula is C65H100N4O15S. The zero-order valence-electron chi connectivity index (χ0n) is 50.9. The number of carboxylic acids is 3. The molecule has 0 aromatic heterocycles. The van der Waals surface area contributed by atoms with Gasteiger partial charge in [0.2, 0.25) is 11.8 Å². The van der Waals surface area contributed by atoms with E-state index in [0.717, 1.165) is 60.8 Å². The number of hydrogen-bond donors (Lipinski definition) is 7. The number of carbonyl (C=O) groups is 9. The van der Waals surface area contributed by atoms with Crippen molar-refractivity contribution in [2.24, 2.45) is 0 Å². The van der Waals surface area contributed by atoms with Crippen molar-refractivity contribution in [3.63, 3.8) is 0 Å². The molecule has 3 rings (SSSR count). The number of carbonyl (C=O) groups excluding carboxylic acids is 6. The van der Waals surface area contributed by atoms with Gasteiger partial charge in [-0.15, -0.1) is 0 Å². The molecule has 1 aliphatic carbocycles. The quantitative estimate of drug-likeness (QED) is 0.0140. The summed E-state index contributed by atoms with van der Waals surface area (Å²) in [4.78, 5) is 116. The highest BCUT2D eigenvalue weighted by molar-refractivity contribution is 7.99. The van der Waals surface area contributed by atoms with Gasteiger partial charge in [0.25, 0.3) is 5.91 Å². The van der Waals surface area contributed by atoms with Crippen molar-refractivity contribution in [3.05, 3.63) is 59.7 Å². The van der Waals surface area contributed by atoms with E-state index in [-0.39, 0.29) is 44.0 Å². The largest absolute Gasteiger partial charge is 0.481 e. The Morgan fingerprint density at radius 3 is 1.49 bits per heavy atom. The number of rotatable bonds is 51. The molecule has 0 unspecified atom stereocenters. The predicted molar refractivity (Wildman–Crippen MR) is 329 cm³/mol. The summed E-state index contributed by atoms with van der Waals surface area (Å²) < 4.78 is 17.2. The Bertz CT molecular complexity index is 2290. The highest BCUT2D eigenvalue weighted by Crippen LogP contribution is 2.44. The molecule has 20 heteroatoms. The Balaban J connectivity index is 1.67. The minimum atomic E-state index is -2.55. The lowest BCUT2D eigenvalue weighted by Gasteiger charge is -2.33. The van der Waals surface area contributed by atoms with E-state index in [9.17, 15) is 53.4 Å². The number of unbranched alkanes of at least 4 members (excludes halogenated alkanes) is 24. The van der Waals surface area contributed by atoms with Crippen LogP contribution in [0, 0.1) is 0 Å². The van der Waals surface area contributed by atoms with Gasteiger partial charge in [-0.1, -0.05) is 216 Å². The van der Waals surface area contributed by atoms with E-state index in [2.05, 4.69) is 35.1 Å². The molecule has 19 nitrogen and oxygen atoms in total. The number of ether oxygens (including phenoxy) is 3. The predicted octanol–water partition coefficient (Wildman–Crippen LogP) is 12.3. The van der Waals surface area contributed by atoms with Gasteiger partial charge in [-0.05, 0) is 41.5 Å². The van der Waals surface area contributed by atoms with Gasteiger partial charge in [0, 0.05) is 55.9 Å². The van der Waals surface area contributed by atoms with E-state index < -0.39 is 110 Å². The number of benzene rings is 2. The van der Waals surface area contributed by atoms with E-state index in [1.165, 1.54) is 127 Å². The summed E-state index contributed by atoms with van der Waals surface area (Å²) in [6, 6.07) is 13.5. The molecule has 0 saturated carbocycles.